The minimum atomic E-state index is 0.106. The van der Waals surface area contributed by atoms with Crippen LogP contribution in [0, 0.1) is 0 Å². The Balaban J connectivity index is 1.95. The number of nitrogens with one attached hydrogen (secondary N) is 1. The van der Waals surface area contributed by atoms with Crippen molar-refractivity contribution in [1.82, 2.24) is 10.2 Å². The molecule has 1 atom stereocenters. The number of rotatable bonds is 2. The maximum absolute atomic E-state index is 5.31. The van der Waals surface area contributed by atoms with Crippen molar-refractivity contribution in [2.24, 2.45) is 9.98 Å². The fraction of sp³-hybridized carbons (Fsp3) is 0.800. The van der Waals surface area contributed by atoms with Gasteiger partial charge in [0.05, 0.1) is 19.6 Å². The summed E-state index contributed by atoms with van der Waals surface area (Å²) in [5.41, 5.74) is 0. The maximum atomic E-state index is 5.31. The van der Waals surface area contributed by atoms with Gasteiger partial charge in [-0.1, -0.05) is 13.3 Å². The lowest BCUT2D eigenvalue weighted by molar-refractivity contribution is 0.0667. The average molecular weight is 210 g/mol. The topological polar surface area (TPSA) is 49.2 Å². The highest BCUT2D eigenvalue weighted by atomic mass is 16.5. The third-order valence-electron chi connectivity index (χ3n) is 2.57. The Morgan fingerprint density at radius 3 is 3.07 bits per heavy atom. The summed E-state index contributed by atoms with van der Waals surface area (Å²) in [6.45, 7) is 5.56. The molecule has 2 aliphatic heterocycles. The molecular formula is C10H18N4O. The van der Waals surface area contributed by atoms with Crippen LogP contribution in [0.25, 0.3) is 0 Å². The number of hydrogen-bond acceptors (Lipinski definition) is 5. The fourth-order valence-electron chi connectivity index (χ4n) is 1.74. The van der Waals surface area contributed by atoms with Crippen molar-refractivity contribution < 1.29 is 4.74 Å². The molecule has 1 N–H and O–H groups in total. The molecule has 1 saturated heterocycles. The van der Waals surface area contributed by atoms with Crippen molar-refractivity contribution in [3.8, 4) is 0 Å². The molecule has 0 saturated carbocycles. The van der Waals surface area contributed by atoms with Gasteiger partial charge in [-0.25, -0.2) is 9.98 Å². The third-order valence-corrected chi connectivity index (χ3v) is 2.57. The maximum Gasteiger partial charge on any atom is 0.201 e. The summed E-state index contributed by atoms with van der Waals surface area (Å²) in [6.07, 6.45) is 4.00. The molecule has 0 amide bonds. The Labute approximate surface area is 90.2 Å². The Morgan fingerprint density at radius 1 is 1.53 bits per heavy atom. The molecule has 0 aromatic carbocycles. The van der Waals surface area contributed by atoms with Crippen LogP contribution < -0.4 is 5.32 Å². The number of hydrogen-bond donors (Lipinski definition) is 1. The normalized spacial score (nSPS) is 26.1. The Bertz CT molecular complexity index is 258. The van der Waals surface area contributed by atoms with E-state index in [1.807, 2.05) is 0 Å². The SMILES string of the molecule is CCCC1N=CNC(N2CCOCC2)=N1. The van der Waals surface area contributed by atoms with Crippen molar-refractivity contribution in [1.29, 1.82) is 0 Å². The summed E-state index contributed by atoms with van der Waals surface area (Å²) in [5, 5.41) is 3.11. The number of ether oxygens (including phenoxy) is 1. The molecule has 5 heteroatoms. The highest BCUT2D eigenvalue weighted by Crippen LogP contribution is 2.07. The highest BCUT2D eigenvalue weighted by Gasteiger charge is 2.18. The standard InChI is InChI=1S/C10H18N4O/c1-2-3-9-11-8-12-10(13-9)14-4-6-15-7-5-14/h8-9H,2-7H2,1H3,(H,11,12,13). The van der Waals surface area contributed by atoms with Gasteiger partial charge >= 0.3 is 0 Å². The highest BCUT2D eigenvalue weighted by molar-refractivity contribution is 5.91. The summed E-state index contributed by atoms with van der Waals surface area (Å²) in [4.78, 5) is 11.1. The van der Waals surface area contributed by atoms with Crippen molar-refractivity contribution in [3.05, 3.63) is 0 Å². The van der Waals surface area contributed by atoms with Gasteiger partial charge in [-0.3, -0.25) is 0 Å². The molecule has 0 aromatic heterocycles. The molecule has 0 aromatic rings. The van der Waals surface area contributed by atoms with Crippen molar-refractivity contribution in [3.63, 3.8) is 0 Å². The fourth-order valence-corrected chi connectivity index (χ4v) is 1.74. The van der Waals surface area contributed by atoms with Crippen LogP contribution in [0.1, 0.15) is 19.8 Å². The number of morpholine rings is 1. The largest absolute Gasteiger partial charge is 0.378 e. The van der Waals surface area contributed by atoms with Gasteiger partial charge in [-0.05, 0) is 6.42 Å². The van der Waals surface area contributed by atoms with Gasteiger partial charge < -0.3 is 15.0 Å². The molecule has 0 bridgehead atoms. The van der Waals surface area contributed by atoms with Crippen LogP contribution in [-0.4, -0.2) is 49.7 Å². The average Bonchev–Trinajstić information content (AvgIpc) is 2.31. The summed E-state index contributed by atoms with van der Waals surface area (Å²) in [5.74, 6) is 0.951. The number of guanidine groups is 1. The van der Waals surface area contributed by atoms with E-state index < -0.39 is 0 Å². The van der Waals surface area contributed by atoms with E-state index in [4.69, 9.17) is 4.74 Å². The van der Waals surface area contributed by atoms with Crippen molar-refractivity contribution in [2.75, 3.05) is 26.3 Å². The van der Waals surface area contributed by atoms with Crippen LogP contribution >= 0.6 is 0 Å². The first kappa shape index (κ1) is 10.4. The predicted octanol–water partition coefficient (Wildman–Crippen LogP) is 0.432. The lowest BCUT2D eigenvalue weighted by Gasteiger charge is -2.31. The molecule has 2 rings (SSSR count). The van der Waals surface area contributed by atoms with E-state index in [1.54, 1.807) is 6.34 Å². The van der Waals surface area contributed by atoms with E-state index in [9.17, 15) is 0 Å². The third kappa shape index (κ3) is 2.68. The molecule has 5 nitrogen and oxygen atoms in total. The lowest BCUT2D eigenvalue weighted by Crippen LogP contribution is -2.48. The molecule has 1 unspecified atom stereocenters. The van der Waals surface area contributed by atoms with Gasteiger partial charge in [0.15, 0.2) is 0 Å². The first-order valence-electron chi connectivity index (χ1n) is 5.59. The monoisotopic (exact) mass is 210 g/mol. The zero-order valence-corrected chi connectivity index (χ0v) is 9.15. The Hall–Kier alpha value is -1.10. The number of aliphatic imine (C=N–C) groups is 2. The first-order chi connectivity index (χ1) is 7.40. The second-order valence-electron chi connectivity index (χ2n) is 3.74. The van der Waals surface area contributed by atoms with Crippen LogP contribution in [0.15, 0.2) is 9.98 Å². The lowest BCUT2D eigenvalue weighted by atomic mass is 10.3. The van der Waals surface area contributed by atoms with Gasteiger partial charge in [0, 0.05) is 13.1 Å². The van der Waals surface area contributed by atoms with Crippen LogP contribution in [0.5, 0.6) is 0 Å². The van der Waals surface area contributed by atoms with Crippen molar-refractivity contribution in [2.45, 2.75) is 25.9 Å². The first-order valence-corrected chi connectivity index (χ1v) is 5.59. The van der Waals surface area contributed by atoms with E-state index >= 15 is 0 Å². The van der Waals surface area contributed by atoms with E-state index in [0.717, 1.165) is 45.1 Å². The minimum Gasteiger partial charge on any atom is -0.378 e. The Morgan fingerprint density at radius 2 is 2.33 bits per heavy atom. The molecule has 1 fully saturated rings. The van der Waals surface area contributed by atoms with Gasteiger partial charge in [0.25, 0.3) is 0 Å². The summed E-state index contributed by atoms with van der Waals surface area (Å²) >= 11 is 0. The molecule has 2 heterocycles. The van der Waals surface area contributed by atoms with Crippen LogP contribution in [0.4, 0.5) is 0 Å². The second-order valence-corrected chi connectivity index (χ2v) is 3.74. The molecule has 0 aliphatic carbocycles. The number of nitrogens with zero attached hydrogens (tertiary/aromatic N) is 3. The van der Waals surface area contributed by atoms with Crippen LogP contribution in [0.3, 0.4) is 0 Å². The van der Waals surface area contributed by atoms with E-state index in [-0.39, 0.29) is 6.17 Å². The van der Waals surface area contributed by atoms with Gasteiger partial charge in [-0.2, -0.15) is 0 Å². The summed E-state index contributed by atoms with van der Waals surface area (Å²) in [6, 6.07) is 0. The molecule has 84 valence electrons. The van der Waals surface area contributed by atoms with Crippen LogP contribution in [0.2, 0.25) is 0 Å². The smallest absolute Gasteiger partial charge is 0.201 e. The van der Waals surface area contributed by atoms with Gasteiger partial charge in [0.1, 0.15) is 6.17 Å². The Kier molecular flexibility index (Phi) is 3.55. The molecular weight excluding hydrogens is 192 g/mol. The summed E-state index contributed by atoms with van der Waals surface area (Å²) < 4.78 is 5.31. The van der Waals surface area contributed by atoms with E-state index in [2.05, 4.69) is 27.1 Å². The molecule has 2 aliphatic rings. The van der Waals surface area contributed by atoms with E-state index in [1.165, 1.54) is 0 Å². The van der Waals surface area contributed by atoms with Crippen LogP contribution in [-0.2, 0) is 4.74 Å². The minimum absolute atomic E-state index is 0.106. The quantitative estimate of drug-likeness (QED) is 0.719. The predicted molar refractivity (Wildman–Crippen MR) is 60.2 cm³/mol. The molecule has 0 radical (unpaired) electrons. The summed E-state index contributed by atoms with van der Waals surface area (Å²) in [7, 11) is 0. The van der Waals surface area contributed by atoms with E-state index in [0.29, 0.717) is 0 Å². The zero-order chi connectivity index (χ0) is 10.5. The zero-order valence-electron chi connectivity index (χ0n) is 9.15. The second kappa shape index (κ2) is 5.11. The van der Waals surface area contributed by atoms with Gasteiger partial charge in [-0.15, -0.1) is 0 Å². The van der Waals surface area contributed by atoms with Gasteiger partial charge in [0.2, 0.25) is 5.96 Å². The molecule has 15 heavy (non-hydrogen) atoms. The molecule has 0 spiro atoms. The van der Waals surface area contributed by atoms with Crippen molar-refractivity contribution >= 4 is 12.3 Å².